The number of aromatic nitrogens is 1. The summed E-state index contributed by atoms with van der Waals surface area (Å²) in [4.78, 5) is 16.6. The Morgan fingerprint density at radius 1 is 1.17 bits per heavy atom. The highest BCUT2D eigenvalue weighted by atomic mass is 35.5. The highest BCUT2D eigenvalue weighted by Gasteiger charge is 2.19. The molecule has 0 unspecified atom stereocenters. The van der Waals surface area contributed by atoms with E-state index in [1.165, 1.54) is 23.5 Å². The number of amides is 1. The predicted octanol–water partition coefficient (Wildman–Crippen LogP) is 2.79. The van der Waals surface area contributed by atoms with E-state index in [1.54, 1.807) is 35.9 Å². The Balaban J connectivity index is 1.96. The van der Waals surface area contributed by atoms with Crippen molar-refractivity contribution in [3.05, 3.63) is 58.4 Å². The SMILES string of the molecule is Cn1c(=NC(=O)CS(=O)(=O)c2ccccc2)sc2cccc(Cl)c21. The van der Waals surface area contributed by atoms with Crippen molar-refractivity contribution in [2.45, 2.75) is 4.90 Å². The number of sulfone groups is 1. The van der Waals surface area contributed by atoms with Gasteiger partial charge in [-0.15, -0.1) is 0 Å². The van der Waals surface area contributed by atoms with Crippen LogP contribution in [0.1, 0.15) is 0 Å². The monoisotopic (exact) mass is 380 g/mol. The molecule has 5 nitrogen and oxygen atoms in total. The smallest absolute Gasteiger partial charge is 0.263 e. The summed E-state index contributed by atoms with van der Waals surface area (Å²) in [6.07, 6.45) is 0. The molecule has 124 valence electrons. The summed E-state index contributed by atoms with van der Waals surface area (Å²) < 4.78 is 27.0. The summed E-state index contributed by atoms with van der Waals surface area (Å²) in [5.41, 5.74) is 0.765. The Morgan fingerprint density at radius 2 is 1.88 bits per heavy atom. The average molecular weight is 381 g/mol. The first-order valence-corrected chi connectivity index (χ1v) is 9.82. The third-order valence-electron chi connectivity index (χ3n) is 3.41. The Kier molecular flexibility index (Phi) is 4.58. The lowest BCUT2D eigenvalue weighted by Crippen LogP contribution is -2.19. The van der Waals surface area contributed by atoms with Crippen LogP contribution in [0.5, 0.6) is 0 Å². The van der Waals surface area contributed by atoms with Crippen molar-refractivity contribution in [3.63, 3.8) is 0 Å². The Hall–Kier alpha value is -1.96. The van der Waals surface area contributed by atoms with E-state index >= 15 is 0 Å². The fraction of sp³-hybridized carbons (Fsp3) is 0.125. The van der Waals surface area contributed by atoms with E-state index in [0.717, 1.165) is 10.2 Å². The number of benzene rings is 2. The lowest BCUT2D eigenvalue weighted by molar-refractivity contribution is -0.115. The van der Waals surface area contributed by atoms with Crippen LogP contribution in [-0.2, 0) is 21.7 Å². The zero-order chi connectivity index (χ0) is 17.3. The highest BCUT2D eigenvalue weighted by molar-refractivity contribution is 7.92. The molecule has 8 heteroatoms. The Labute approximate surface area is 147 Å². The molecular weight excluding hydrogens is 368 g/mol. The molecule has 1 aromatic heterocycles. The second-order valence-corrected chi connectivity index (χ2v) is 8.51. The normalized spacial score (nSPS) is 12.7. The van der Waals surface area contributed by atoms with Crippen LogP contribution in [0.2, 0.25) is 5.02 Å². The van der Waals surface area contributed by atoms with E-state index in [0.29, 0.717) is 9.82 Å². The number of rotatable bonds is 3. The van der Waals surface area contributed by atoms with Gasteiger partial charge >= 0.3 is 0 Å². The number of thiazole rings is 1. The standard InChI is InChI=1S/C16H13ClN2O3S2/c1-19-15-12(17)8-5-9-13(15)23-16(19)18-14(20)10-24(21,22)11-6-3-2-4-7-11/h2-9H,10H2,1H3. The third-order valence-corrected chi connectivity index (χ3v) is 6.43. The van der Waals surface area contributed by atoms with Gasteiger partial charge in [-0.25, -0.2) is 8.42 Å². The van der Waals surface area contributed by atoms with Gasteiger partial charge in [0.15, 0.2) is 14.6 Å². The minimum Gasteiger partial charge on any atom is -0.318 e. The molecule has 0 aliphatic heterocycles. The Morgan fingerprint density at radius 3 is 2.54 bits per heavy atom. The van der Waals surface area contributed by atoms with Crippen molar-refractivity contribution in [1.29, 1.82) is 0 Å². The molecule has 0 radical (unpaired) electrons. The topological polar surface area (TPSA) is 68.5 Å². The van der Waals surface area contributed by atoms with Gasteiger partial charge in [0.05, 0.1) is 20.1 Å². The zero-order valence-corrected chi connectivity index (χ0v) is 15.0. The highest BCUT2D eigenvalue weighted by Crippen LogP contribution is 2.24. The van der Waals surface area contributed by atoms with Crippen LogP contribution < -0.4 is 4.80 Å². The maximum Gasteiger partial charge on any atom is 0.263 e. The molecule has 0 atom stereocenters. The molecule has 3 aromatic rings. The van der Waals surface area contributed by atoms with Crippen molar-refractivity contribution >= 4 is 48.9 Å². The van der Waals surface area contributed by atoms with E-state index in [-0.39, 0.29) is 4.90 Å². The number of fused-ring (bicyclic) bond motifs is 1. The lowest BCUT2D eigenvalue weighted by atomic mass is 10.3. The zero-order valence-electron chi connectivity index (χ0n) is 12.6. The van der Waals surface area contributed by atoms with E-state index in [1.807, 2.05) is 12.1 Å². The second kappa shape index (κ2) is 6.51. The van der Waals surface area contributed by atoms with Gasteiger partial charge in [-0.2, -0.15) is 4.99 Å². The van der Waals surface area contributed by atoms with Crippen molar-refractivity contribution in [1.82, 2.24) is 4.57 Å². The maximum atomic E-state index is 12.2. The van der Waals surface area contributed by atoms with Crippen molar-refractivity contribution in [3.8, 4) is 0 Å². The van der Waals surface area contributed by atoms with Gasteiger partial charge in [0, 0.05) is 7.05 Å². The second-order valence-electron chi connectivity index (χ2n) is 5.11. The fourth-order valence-electron chi connectivity index (χ4n) is 2.28. The summed E-state index contributed by atoms with van der Waals surface area (Å²) in [6, 6.07) is 13.3. The number of nitrogens with zero attached hydrogens (tertiary/aromatic N) is 2. The molecule has 24 heavy (non-hydrogen) atoms. The summed E-state index contributed by atoms with van der Waals surface area (Å²) in [5, 5.41) is 0.553. The van der Waals surface area contributed by atoms with E-state index in [2.05, 4.69) is 4.99 Å². The van der Waals surface area contributed by atoms with Crippen LogP contribution in [0.25, 0.3) is 10.2 Å². The summed E-state index contributed by atoms with van der Waals surface area (Å²) in [5.74, 6) is -1.38. The molecule has 0 N–H and O–H groups in total. The van der Waals surface area contributed by atoms with Gasteiger partial charge in [0.1, 0.15) is 5.75 Å². The third kappa shape index (κ3) is 3.28. The number of carbonyl (C=O) groups excluding carboxylic acids is 1. The van der Waals surface area contributed by atoms with Crippen molar-refractivity contribution < 1.29 is 13.2 Å². The van der Waals surface area contributed by atoms with E-state index in [4.69, 9.17) is 11.6 Å². The number of aryl methyl sites for hydroxylation is 1. The molecular formula is C16H13ClN2O3S2. The molecule has 1 heterocycles. The maximum absolute atomic E-state index is 12.2. The number of halogens is 1. The van der Waals surface area contributed by atoms with Crippen LogP contribution >= 0.6 is 22.9 Å². The van der Waals surface area contributed by atoms with Gasteiger partial charge in [0.25, 0.3) is 5.91 Å². The number of hydrogen-bond donors (Lipinski definition) is 0. The molecule has 0 fully saturated rings. The first kappa shape index (κ1) is 16.9. The molecule has 0 saturated carbocycles. The minimum absolute atomic E-state index is 0.109. The average Bonchev–Trinajstić information content (AvgIpc) is 2.85. The molecule has 0 aliphatic carbocycles. The summed E-state index contributed by atoms with van der Waals surface area (Å²) in [6.45, 7) is 0. The lowest BCUT2D eigenvalue weighted by Gasteiger charge is -2.01. The minimum atomic E-state index is -3.70. The fourth-order valence-corrected chi connectivity index (χ4v) is 4.82. The molecule has 0 spiro atoms. The molecule has 1 amide bonds. The van der Waals surface area contributed by atoms with E-state index < -0.39 is 21.5 Å². The first-order chi connectivity index (χ1) is 11.4. The van der Waals surface area contributed by atoms with Crippen molar-refractivity contribution in [2.75, 3.05) is 5.75 Å². The predicted molar refractivity (Wildman–Crippen MR) is 94.9 cm³/mol. The van der Waals surface area contributed by atoms with Gasteiger partial charge in [-0.3, -0.25) is 4.79 Å². The number of hydrogen-bond acceptors (Lipinski definition) is 4. The van der Waals surface area contributed by atoms with Crippen LogP contribution in [-0.4, -0.2) is 24.6 Å². The van der Waals surface area contributed by atoms with Crippen molar-refractivity contribution in [2.24, 2.45) is 12.0 Å². The van der Waals surface area contributed by atoms with Crippen LogP contribution in [0.3, 0.4) is 0 Å². The molecule has 0 saturated heterocycles. The van der Waals surface area contributed by atoms with Crippen LogP contribution in [0, 0.1) is 0 Å². The van der Waals surface area contributed by atoms with Crippen LogP contribution in [0.4, 0.5) is 0 Å². The van der Waals surface area contributed by atoms with Crippen LogP contribution in [0.15, 0.2) is 58.4 Å². The molecule has 2 aromatic carbocycles. The molecule has 3 rings (SSSR count). The van der Waals surface area contributed by atoms with Gasteiger partial charge in [-0.05, 0) is 24.3 Å². The number of para-hydroxylation sites is 1. The van der Waals surface area contributed by atoms with E-state index in [9.17, 15) is 13.2 Å². The van der Waals surface area contributed by atoms with Gasteiger partial charge < -0.3 is 4.57 Å². The first-order valence-electron chi connectivity index (χ1n) is 6.98. The largest absolute Gasteiger partial charge is 0.318 e. The van der Waals surface area contributed by atoms with Gasteiger partial charge in [0.2, 0.25) is 0 Å². The quantitative estimate of drug-likeness (QED) is 0.701. The van der Waals surface area contributed by atoms with Gasteiger partial charge in [-0.1, -0.05) is 47.2 Å². The molecule has 0 bridgehead atoms. The summed E-state index contributed by atoms with van der Waals surface area (Å²) in [7, 11) is -1.97. The Bertz CT molecular complexity index is 1080. The molecule has 0 aliphatic rings. The number of carbonyl (C=O) groups is 1. The summed E-state index contributed by atoms with van der Waals surface area (Å²) >= 11 is 7.45.